The minimum absolute atomic E-state index is 0.168. The molecule has 0 spiro atoms. The average molecular weight is 265 g/mol. The van der Waals surface area contributed by atoms with Crippen LogP contribution >= 0.6 is 11.8 Å². The molecule has 0 fully saturated rings. The summed E-state index contributed by atoms with van der Waals surface area (Å²) in [5.41, 5.74) is 2.64. The Morgan fingerprint density at radius 2 is 1.94 bits per heavy atom. The largest absolute Gasteiger partial charge is 0.355 e. The highest BCUT2D eigenvalue weighted by atomic mass is 32.2. The standard InChI is InChI=1S/C15H23NOS/c1-12(2)10-15(17)16-8-9-18-11-14-6-4-13(3)5-7-14/h4-7,12H,8-11H2,1-3H3,(H,16,17). The SMILES string of the molecule is Cc1ccc(CSCCNC(=O)CC(C)C)cc1. The van der Waals surface area contributed by atoms with Gasteiger partial charge in [0.1, 0.15) is 0 Å². The Balaban J connectivity index is 2.08. The van der Waals surface area contributed by atoms with Gasteiger partial charge in [0.15, 0.2) is 0 Å². The lowest BCUT2D eigenvalue weighted by molar-refractivity contribution is -0.121. The van der Waals surface area contributed by atoms with Crippen molar-refractivity contribution in [2.45, 2.75) is 32.9 Å². The summed E-state index contributed by atoms with van der Waals surface area (Å²) in [6.07, 6.45) is 0.628. The van der Waals surface area contributed by atoms with Crippen LogP contribution < -0.4 is 5.32 Å². The van der Waals surface area contributed by atoms with Crippen molar-refractivity contribution in [1.29, 1.82) is 0 Å². The number of thioether (sulfide) groups is 1. The molecular weight excluding hydrogens is 242 g/mol. The minimum atomic E-state index is 0.168. The fraction of sp³-hybridized carbons (Fsp3) is 0.533. The summed E-state index contributed by atoms with van der Waals surface area (Å²) in [5.74, 6) is 2.59. The van der Waals surface area contributed by atoms with Crippen molar-refractivity contribution in [3.05, 3.63) is 35.4 Å². The number of nitrogens with one attached hydrogen (secondary N) is 1. The molecule has 0 aliphatic rings. The third kappa shape index (κ3) is 6.70. The van der Waals surface area contributed by atoms with E-state index in [1.165, 1.54) is 11.1 Å². The molecule has 0 heterocycles. The van der Waals surface area contributed by atoms with E-state index in [9.17, 15) is 4.79 Å². The Hall–Kier alpha value is -0.960. The number of carbonyl (C=O) groups is 1. The Labute approximate surface area is 115 Å². The maximum atomic E-state index is 11.4. The first-order valence-corrected chi connectivity index (χ1v) is 7.63. The van der Waals surface area contributed by atoms with Crippen LogP contribution in [-0.4, -0.2) is 18.2 Å². The smallest absolute Gasteiger partial charge is 0.220 e. The van der Waals surface area contributed by atoms with Gasteiger partial charge in [0.05, 0.1) is 0 Å². The predicted octanol–water partition coefficient (Wildman–Crippen LogP) is 3.39. The third-order valence-corrected chi connectivity index (χ3v) is 3.58. The number of carbonyl (C=O) groups excluding carboxylic acids is 1. The third-order valence-electron chi connectivity index (χ3n) is 2.55. The minimum Gasteiger partial charge on any atom is -0.355 e. The molecule has 2 nitrogen and oxygen atoms in total. The van der Waals surface area contributed by atoms with Crippen molar-refractivity contribution in [2.75, 3.05) is 12.3 Å². The Bertz CT molecular complexity index is 359. The molecule has 0 aliphatic heterocycles. The lowest BCUT2D eigenvalue weighted by Gasteiger charge is -2.07. The van der Waals surface area contributed by atoms with Crippen LogP contribution in [0.1, 0.15) is 31.4 Å². The van der Waals surface area contributed by atoms with Crippen molar-refractivity contribution in [2.24, 2.45) is 5.92 Å². The summed E-state index contributed by atoms with van der Waals surface area (Å²) in [4.78, 5) is 11.4. The van der Waals surface area contributed by atoms with Crippen LogP contribution in [0.25, 0.3) is 0 Å². The van der Waals surface area contributed by atoms with Gasteiger partial charge in [-0.15, -0.1) is 0 Å². The van der Waals surface area contributed by atoms with Crippen LogP contribution in [-0.2, 0) is 10.5 Å². The van der Waals surface area contributed by atoms with Crippen molar-refractivity contribution in [3.63, 3.8) is 0 Å². The number of hydrogen-bond acceptors (Lipinski definition) is 2. The van der Waals surface area contributed by atoms with Gasteiger partial charge in [0.25, 0.3) is 0 Å². The molecule has 1 amide bonds. The number of hydrogen-bond donors (Lipinski definition) is 1. The average Bonchev–Trinajstić information content (AvgIpc) is 2.30. The van der Waals surface area contributed by atoms with E-state index in [0.29, 0.717) is 12.3 Å². The van der Waals surface area contributed by atoms with Crippen LogP contribution in [0.5, 0.6) is 0 Å². The van der Waals surface area contributed by atoms with E-state index in [0.717, 1.165) is 18.1 Å². The van der Waals surface area contributed by atoms with Crippen LogP contribution in [0.15, 0.2) is 24.3 Å². The van der Waals surface area contributed by atoms with Crippen LogP contribution in [0.4, 0.5) is 0 Å². The maximum Gasteiger partial charge on any atom is 0.220 e. The Morgan fingerprint density at radius 3 is 2.56 bits per heavy atom. The second-order valence-electron chi connectivity index (χ2n) is 4.99. The van der Waals surface area contributed by atoms with E-state index >= 15 is 0 Å². The molecule has 0 saturated carbocycles. The van der Waals surface area contributed by atoms with Crippen LogP contribution in [0.3, 0.4) is 0 Å². The summed E-state index contributed by atoms with van der Waals surface area (Å²) >= 11 is 1.86. The molecule has 3 heteroatoms. The van der Waals surface area contributed by atoms with Gasteiger partial charge in [-0.2, -0.15) is 11.8 Å². The molecule has 0 saturated heterocycles. The molecule has 0 unspecified atom stereocenters. The fourth-order valence-corrected chi connectivity index (χ4v) is 2.40. The molecule has 0 radical (unpaired) electrons. The van der Waals surface area contributed by atoms with Crippen molar-refractivity contribution in [1.82, 2.24) is 5.32 Å². The van der Waals surface area contributed by atoms with Gasteiger partial charge in [-0.1, -0.05) is 43.7 Å². The topological polar surface area (TPSA) is 29.1 Å². The quantitative estimate of drug-likeness (QED) is 0.766. The first-order valence-electron chi connectivity index (χ1n) is 6.48. The van der Waals surface area contributed by atoms with E-state index < -0.39 is 0 Å². The van der Waals surface area contributed by atoms with Crippen molar-refractivity contribution < 1.29 is 4.79 Å². The van der Waals surface area contributed by atoms with Gasteiger partial charge in [-0.05, 0) is 18.4 Å². The fourth-order valence-electron chi connectivity index (χ4n) is 1.58. The Morgan fingerprint density at radius 1 is 1.28 bits per heavy atom. The molecular formula is C15H23NOS. The molecule has 0 aliphatic carbocycles. The van der Waals surface area contributed by atoms with Gasteiger partial charge >= 0.3 is 0 Å². The van der Waals surface area contributed by atoms with Gasteiger partial charge < -0.3 is 5.32 Å². The summed E-state index contributed by atoms with van der Waals surface area (Å²) < 4.78 is 0. The van der Waals surface area contributed by atoms with Gasteiger partial charge in [0, 0.05) is 24.5 Å². The van der Waals surface area contributed by atoms with E-state index in [4.69, 9.17) is 0 Å². The summed E-state index contributed by atoms with van der Waals surface area (Å²) in [7, 11) is 0. The Kier molecular flexibility index (Phi) is 6.88. The second-order valence-corrected chi connectivity index (χ2v) is 6.09. The van der Waals surface area contributed by atoms with Gasteiger partial charge in [0.2, 0.25) is 5.91 Å². The van der Waals surface area contributed by atoms with E-state index in [1.54, 1.807) is 0 Å². The number of aryl methyl sites for hydroxylation is 1. The number of benzene rings is 1. The number of amides is 1. The lowest BCUT2D eigenvalue weighted by Crippen LogP contribution is -2.26. The first-order chi connectivity index (χ1) is 8.58. The van der Waals surface area contributed by atoms with Crippen molar-refractivity contribution in [3.8, 4) is 0 Å². The highest BCUT2D eigenvalue weighted by molar-refractivity contribution is 7.98. The monoisotopic (exact) mass is 265 g/mol. The van der Waals surface area contributed by atoms with Crippen LogP contribution in [0.2, 0.25) is 0 Å². The second kappa shape index (κ2) is 8.20. The summed E-state index contributed by atoms with van der Waals surface area (Å²) in [5, 5.41) is 2.95. The van der Waals surface area contributed by atoms with Crippen LogP contribution in [0, 0.1) is 12.8 Å². The number of rotatable bonds is 7. The first kappa shape index (κ1) is 15.1. The van der Waals surface area contributed by atoms with E-state index in [2.05, 4.69) is 50.4 Å². The molecule has 100 valence electrons. The molecule has 1 aromatic rings. The summed E-state index contributed by atoms with van der Waals surface area (Å²) in [6.45, 7) is 6.99. The summed E-state index contributed by atoms with van der Waals surface area (Å²) in [6, 6.07) is 8.61. The van der Waals surface area contributed by atoms with Gasteiger partial charge in [-0.3, -0.25) is 4.79 Å². The van der Waals surface area contributed by atoms with E-state index in [1.807, 2.05) is 11.8 Å². The highest BCUT2D eigenvalue weighted by Crippen LogP contribution is 2.12. The highest BCUT2D eigenvalue weighted by Gasteiger charge is 2.03. The zero-order valence-corrected chi connectivity index (χ0v) is 12.3. The molecule has 1 aromatic carbocycles. The molecule has 0 atom stereocenters. The normalized spacial score (nSPS) is 10.7. The van der Waals surface area contributed by atoms with E-state index in [-0.39, 0.29) is 5.91 Å². The maximum absolute atomic E-state index is 11.4. The molecule has 1 N–H and O–H groups in total. The zero-order valence-electron chi connectivity index (χ0n) is 11.5. The lowest BCUT2D eigenvalue weighted by atomic mass is 10.1. The molecule has 0 bridgehead atoms. The molecule has 0 aromatic heterocycles. The van der Waals surface area contributed by atoms with Gasteiger partial charge in [-0.25, -0.2) is 0 Å². The zero-order chi connectivity index (χ0) is 13.4. The van der Waals surface area contributed by atoms with Crippen molar-refractivity contribution >= 4 is 17.7 Å². The molecule has 18 heavy (non-hydrogen) atoms. The molecule has 1 rings (SSSR count). The predicted molar refractivity (Wildman–Crippen MR) is 79.8 cm³/mol.